The molecule has 0 aromatic heterocycles. The van der Waals surface area contributed by atoms with E-state index >= 15 is 0 Å². The minimum absolute atomic E-state index is 0.108. The first-order chi connectivity index (χ1) is 22.1. The van der Waals surface area contributed by atoms with Crippen LogP contribution in [0.25, 0.3) is 0 Å². The topological polar surface area (TPSA) is 145 Å². The van der Waals surface area contributed by atoms with Gasteiger partial charge in [-0.05, 0) is 74.3 Å². The number of hydrogen-bond donors (Lipinski definition) is 4. The minimum atomic E-state index is -1.11. The number of carbonyl (C=O) groups excluding carboxylic acids is 4. The van der Waals surface area contributed by atoms with Crippen molar-refractivity contribution in [3.8, 4) is 0 Å². The molecule has 0 fully saturated rings. The van der Waals surface area contributed by atoms with Crippen LogP contribution >= 0.6 is 0 Å². The second kappa shape index (κ2) is 16.5. The third-order valence-electron chi connectivity index (χ3n) is 7.97. The van der Waals surface area contributed by atoms with Gasteiger partial charge in [0.1, 0.15) is 12.1 Å². The molecule has 0 saturated heterocycles. The Balaban J connectivity index is 1.41. The summed E-state index contributed by atoms with van der Waals surface area (Å²) >= 11 is 0. The van der Waals surface area contributed by atoms with Crippen LogP contribution in [0, 0.1) is 5.92 Å². The summed E-state index contributed by atoms with van der Waals surface area (Å²) in [5.74, 6) is -2.51. The normalized spacial score (nSPS) is 14.5. The molecule has 1 aliphatic rings. The molecule has 242 valence electrons. The molecule has 4 rings (SSSR count). The summed E-state index contributed by atoms with van der Waals surface area (Å²) in [6.07, 6.45) is 2.22. The number of amides is 4. The molecule has 0 unspecified atom stereocenters. The van der Waals surface area contributed by atoms with E-state index in [2.05, 4.69) is 16.0 Å². The van der Waals surface area contributed by atoms with Crippen LogP contribution < -0.4 is 16.0 Å². The molecule has 46 heavy (non-hydrogen) atoms. The van der Waals surface area contributed by atoms with Gasteiger partial charge in [-0.1, -0.05) is 74.5 Å². The predicted molar refractivity (Wildman–Crippen MR) is 175 cm³/mol. The Morgan fingerprint density at radius 1 is 0.717 bits per heavy atom. The number of unbranched alkanes of at least 4 members (excludes halogenated alkanes) is 1. The fourth-order valence-corrected chi connectivity index (χ4v) is 5.55. The van der Waals surface area contributed by atoms with Gasteiger partial charge in [0.2, 0.25) is 11.8 Å². The molecule has 4 N–H and O–H groups in total. The third-order valence-corrected chi connectivity index (χ3v) is 7.97. The van der Waals surface area contributed by atoms with Gasteiger partial charge in [-0.15, -0.1) is 0 Å². The van der Waals surface area contributed by atoms with E-state index in [0.717, 1.165) is 5.56 Å². The fourth-order valence-electron chi connectivity index (χ4n) is 5.55. The molecule has 10 nitrogen and oxygen atoms in total. The smallest absolute Gasteiger partial charge is 0.320 e. The van der Waals surface area contributed by atoms with Crippen molar-refractivity contribution in [2.45, 2.75) is 70.5 Å². The van der Waals surface area contributed by atoms with Crippen molar-refractivity contribution in [1.29, 1.82) is 0 Å². The lowest BCUT2D eigenvalue weighted by Crippen LogP contribution is -2.55. The largest absolute Gasteiger partial charge is 0.480 e. The van der Waals surface area contributed by atoms with Crippen molar-refractivity contribution < 1.29 is 29.1 Å². The van der Waals surface area contributed by atoms with Crippen LogP contribution in [0.5, 0.6) is 0 Å². The molecule has 1 heterocycles. The second-order valence-electron chi connectivity index (χ2n) is 12.0. The van der Waals surface area contributed by atoms with E-state index in [1.165, 1.54) is 4.90 Å². The maximum Gasteiger partial charge on any atom is 0.320 e. The van der Waals surface area contributed by atoms with Crippen molar-refractivity contribution in [1.82, 2.24) is 15.5 Å². The predicted octanol–water partition coefficient (Wildman–Crippen LogP) is 4.67. The zero-order chi connectivity index (χ0) is 33.1. The Labute approximate surface area is 269 Å². The molecule has 4 amide bonds. The summed E-state index contributed by atoms with van der Waals surface area (Å²) in [6, 6.07) is 22.5. The van der Waals surface area contributed by atoms with Gasteiger partial charge in [0.05, 0.1) is 17.2 Å². The molecular formula is C36H42N4O6. The fraction of sp³-hybridized carbons (Fsp3) is 0.361. The number of fused-ring (bicyclic) bond motifs is 1. The molecule has 3 aromatic rings. The van der Waals surface area contributed by atoms with Crippen LogP contribution in [0.4, 0.5) is 5.69 Å². The molecule has 10 heteroatoms. The summed E-state index contributed by atoms with van der Waals surface area (Å²) in [7, 11) is 0. The van der Waals surface area contributed by atoms with E-state index in [1.54, 1.807) is 48.5 Å². The van der Waals surface area contributed by atoms with E-state index in [4.69, 9.17) is 0 Å². The zero-order valence-electron chi connectivity index (χ0n) is 26.3. The number of aliphatic carboxylic acids is 1. The van der Waals surface area contributed by atoms with Gasteiger partial charge in [-0.25, -0.2) is 0 Å². The molecule has 0 spiro atoms. The van der Waals surface area contributed by atoms with Crippen LogP contribution in [0.1, 0.15) is 72.2 Å². The molecule has 3 atom stereocenters. The SMILES string of the molecule is CC(C)C[C@H](NC(=O)[C@H](CCc1ccccc1)N[C@H](CCCCN1C(=O)c2ccccc2C1=O)C(=O)O)C(=O)Nc1ccccc1. The Kier molecular flexibility index (Phi) is 12.2. The highest BCUT2D eigenvalue weighted by atomic mass is 16.4. The number of imide groups is 1. The summed E-state index contributed by atoms with van der Waals surface area (Å²) in [4.78, 5) is 65.9. The standard InChI is InChI=1S/C36H42N4O6/c1-24(2)23-31(33(42)37-26-15-7-4-8-16-26)39-32(41)29(21-20-25-13-5-3-6-14-25)38-30(36(45)46)19-11-12-22-40-34(43)27-17-9-10-18-28(27)35(40)44/h3-10,13-18,24,29-31,38H,11-12,19-23H2,1-2H3,(H,37,42)(H,39,41)(H,45,46)/t29-,30+,31-/m0/s1. The lowest BCUT2D eigenvalue weighted by molar-refractivity contribution is -0.140. The number of para-hydroxylation sites is 1. The van der Waals surface area contributed by atoms with Crippen LogP contribution in [0.2, 0.25) is 0 Å². The van der Waals surface area contributed by atoms with Crippen LogP contribution in [-0.2, 0) is 20.8 Å². The zero-order valence-corrected chi connectivity index (χ0v) is 26.3. The number of benzene rings is 3. The molecule has 1 aliphatic heterocycles. The number of carboxylic acid groups (broad SMARTS) is 1. The minimum Gasteiger partial charge on any atom is -0.480 e. The molecule has 0 aliphatic carbocycles. The quantitative estimate of drug-likeness (QED) is 0.126. The number of nitrogens with zero attached hydrogens (tertiary/aromatic N) is 1. The maximum atomic E-state index is 13.7. The van der Waals surface area contributed by atoms with E-state index < -0.39 is 30.0 Å². The van der Waals surface area contributed by atoms with Crippen LogP contribution in [0.3, 0.4) is 0 Å². The number of nitrogens with one attached hydrogen (secondary N) is 3. The highest BCUT2D eigenvalue weighted by Gasteiger charge is 2.35. The Bertz CT molecular complexity index is 1480. The Hall–Kier alpha value is -4.83. The first kappa shape index (κ1) is 34.1. The van der Waals surface area contributed by atoms with Gasteiger partial charge < -0.3 is 15.7 Å². The molecule has 0 bridgehead atoms. The Morgan fingerprint density at radius 3 is 1.89 bits per heavy atom. The van der Waals surface area contributed by atoms with Gasteiger partial charge >= 0.3 is 5.97 Å². The lowest BCUT2D eigenvalue weighted by Gasteiger charge is -2.26. The van der Waals surface area contributed by atoms with E-state index in [9.17, 15) is 29.1 Å². The summed E-state index contributed by atoms with van der Waals surface area (Å²) < 4.78 is 0. The first-order valence-electron chi connectivity index (χ1n) is 15.8. The third kappa shape index (κ3) is 9.34. The summed E-state index contributed by atoms with van der Waals surface area (Å²) in [5.41, 5.74) is 2.35. The number of carbonyl (C=O) groups is 5. The van der Waals surface area contributed by atoms with E-state index in [0.29, 0.717) is 48.9 Å². The van der Waals surface area contributed by atoms with Crippen molar-refractivity contribution in [3.63, 3.8) is 0 Å². The average Bonchev–Trinajstić information content (AvgIpc) is 3.29. The van der Waals surface area contributed by atoms with Crippen molar-refractivity contribution in [2.24, 2.45) is 5.92 Å². The summed E-state index contributed by atoms with van der Waals surface area (Å²) in [6.45, 7) is 4.09. The van der Waals surface area contributed by atoms with Crippen molar-refractivity contribution in [3.05, 3.63) is 102 Å². The highest BCUT2D eigenvalue weighted by molar-refractivity contribution is 6.21. The molecular weight excluding hydrogens is 584 g/mol. The van der Waals surface area contributed by atoms with Gasteiger partial charge in [-0.2, -0.15) is 0 Å². The van der Waals surface area contributed by atoms with Crippen molar-refractivity contribution in [2.75, 3.05) is 11.9 Å². The average molecular weight is 627 g/mol. The molecule has 0 radical (unpaired) electrons. The Morgan fingerprint density at radius 2 is 1.30 bits per heavy atom. The number of anilines is 1. The number of rotatable bonds is 17. The van der Waals surface area contributed by atoms with Crippen LogP contribution in [0.15, 0.2) is 84.9 Å². The first-order valence-corrected chi connectivity index (χ1v) is 15.8. The van der Waals surface area contributed by atoms with Gasteiger partial charge in [-0.3, -0.25) is 34.2 Å². The monoisotopic (exact) mass is 626 g/mol. The summed E-state index contributed by atoms with van der Waals surface area (Å²) in [5, 5.41) is 18.9. The lowest BCUT2D eigenvalue weighted by atomic mass is 10.00. The number of hydrogen-bond acceptors (Lipinski definition) is 6. The van der Waals surface area contributed by atoms with E-state index in [1.807, 2.05) is 50.2 Å². The number of aryl methyl sites for hydroxylation is 1. The van der Waals surface area contributed by atoms with Crippen molar-refractivity contribution >= 4 is 35.3 Å². The molecule has 3 aromatic carbocycles. The molecule has 0 saturated carbocycles. The van der Waals surface area contributed by atoms with Gasteiger partial charge in [0, 0.05) is 12.2 Å². The van der Waals surface area contributed by atoms with Gasteiger partial charge in [0.25, 0.3) is 11.8 Å². The van der Waals surface area contributed by atoms with Gasteiger partial charge in [0.15, 0.2) is 0 Å². The second-order valence-corrected chi connectivity index (χ2v) is 12.0. The number of carboxylic acids is 1. The maximum absolute atomic E-state index is 13.7. The van der Waals surface area contributed by atoms with E-state index in [-0.39, 0.29) is 36.6 Å². The highest BCUT2D eigenvalue weighted by Crippen LogP contribution is 2.23. The van der Waals surface area contributed by atoms with Crippen LogP contribution in [-0.4, -0.2) is 64.3 Å².